The minimum absolute atomic E-state index is 0.443. The van der Waals surface area contributed by atoms with Gasteiger partial charge in [-0.2, -0.15) is 0 Å². The molecule has 1 aromatic carbocycles. The van der Waals surface area contributed by atoms with Gasteiger partial charge in [-0.05, 0) is 24.6 Å². The van der Waals surface area contributed by atoms with Crippen molar-refractivity contribution in [3.8, 4) is 0 Å². The van der Waals surface area contributed by atoms with Gasteiger partial charge in [0.2, 0.25) is 0 Å². The molecule has 2 heteroatoms. The number of H-pyrrole nitrogens is 1. The van der Waals surface area contributed by atoms with E-state index in [4.69, 9.17) is 0 Å². The van der Waals surface area contributed by atoms with E-state index in [9.17, 15) is 5.11 Å². The van der Waals surface area contributed by atoms with E-state index in [1.165, 1.54) is 5.56 Å². The van der Waals surface area contributed by atoms with Crippen LogP contribution in [0.5, 0.6) is 0 Å². The van der Waals surface area contributed by atoms with E-state index in [-0.39, 0.29) is 0 Å². The number of aryl methyl sites for hydroxylation is 1. The monoisotopic (exact) mass is 201 g/mol. The molecule has 0 aliphatic carbocycles. The van der Waals surface area contributed by atoms with Gasteiger partial charge in [0.15, 0.2) is 0 Å². The minimum atomic E-state index is -0.443. The summed E-state index contributed by atoms with van der Waals surface area (Å²) in [5.74, 6) is 0. The smallest absolute Gasteiger partial charge is 0.0977 e. The van der Waals surface area contributed by atoms with Gasteiger partial charge in [-0.25, -0.2) is 0 Å². The predicted molar refractivity (Wildman–Crippen MR) is 60.6 cm³/mol. The second-order valence-electron chi connectivity index (χ2n) is 3.83. The van der Waals surface area contributed by atoms with Crippen LogP contribution in [0.15, 0.2) is 42.6 Å². The molecule has 0 radical (unpaired) electrons. The van der Waals surface area contributed by atoms with E-state index in [0.717, 1.165) is 11.3 Å². The number of aliphatic hydroxyl groups is 1. The highest BCUT2D eigenvalue weighted by Gasteiger charge is 2.08. The molecule has 0 bridgehead atoms. The molecule has 2 aromatic rings. The number of aromatic amines is 1. The van der Waals surface area contributed by atoms with Crippen LogP contribution < -0.4 is 0 Å². The highest BCUT2D eigenvalue weighted by Crippen LogP contribution is 2.16. The molecule has 2 N–H and O–H groups in total. The lowest BCUT2D eigenvalue weighted by Gasteiger charge is -2.09. The number of aromatic nitrogens is 1. The van der Waals surface area contributed by atoms with Gasteiger partial charge in [-0.15, -0.1) is 0 Å². The van der Waals surface area contributed by atoms with Crippen molar-refractivity contribution in [2.75, 3.05) is 0 Å². The van der Waals surface area contributed by atoms with E-state index in [1.54, 1.807) is 0 Å². The standard InChI is InChI=1S/C13H15NO/c1-10-4-2-5-11(8-10)9-13(15)12-6-3-7-14-12/h2-8,13-15H,9H2,1H3. The Labute approximate surface area is 89.6 Å². The molecule has 0 amide bonds. The first-order chi connectivity index (χ1) is 7.25. The summed E-state index contributed by atoms with van der Waals surface area (Å²) in [5.41, 5.74) is 3.26. The van der Waals surface area contributed by atoms with Crippen LogP contribution in [-0.4, -0.2) is 10.1 Å². The van der Waals surface area contributed by atoms with E-state index in [1.807, 2.05) is 30.5 Å². The fourth-order valence-corrected chi connectivity index (χ4v) is 1.72. The summed E-state index contributed by atoms with van der Waals surface area (Å²) in [6.45, 7) is 2.06. The molecule has 0 spiro atoms. The molecular weight excluding hydrogens is 186 g/mol. The van der Waals surface area contributed by atoms with Crippen molar-refractivity contribution < 1.29 is 5.11 Å². The topological polar surface area (TPSA) is 36.0 Å². The van der Waals surface area contributed by atoms with E-state index >= 15 is 0 Å². The summed E-state index contributed by atoms with van der Waals surface area (Å²) in [6, 6.07) is 12.0. The third-order valence-electron chi connectivity index (χ3n) is 2.49. The van der Waals surface area contributed by atoms with Gasteiger partial charge in [0.25, 0.3) is 0 Å². The molecule has 0 saturated carbocycles. The molecule has 78 valence electrons. The van der Waals surface area contributed by atoms with Gasteiger partial charge in [0, 0.05) is 18.3 Å². The van der Waals surface area contributed by atoms with Gasteiger partial charge in [0.05, 0.1) is 6.10 Å². The van der Waals surface area contributed by atoms with Crippen molar-refractivity contribution in [1.82, 2.24) is 4.98 Å². The molecule has 1 unspecified atom stereocenters. The van der Waals surface area contributed by atoms with Crippen molar-refractivity contribution in [1.29, 1.82) is 0 Å². The molecule has 1 heterocycles. The Bertz CT molecular complexity index is 420. The van der Waals surface area contributed by atoms with Crippen LogP contribution in [0.4, 0.5) is 0 Å². The second-order valence-corrected chi connectivity index (χ2v) is 3.83. The summed E-state index contributed by atoms with van der Waals surface area (Å²) in [6.07, 6.45) is 2.04. The Morgan fingerprint density at radius 3 is 2.80 bits per heavy atom. The quantitative estimate of drug-likeness (QED) is 0.786. The first kappa shape index (κ1) is 9.99. The SMILES string of the molecule is Cc1cccc(CC(O)c2ccc[nH]2)c1. The largest absolute Gasteiger partial charge is 0.387 e. The number of hydrogen-bond acceptors (Lipinski definition) is 1. The molecular formula is C13H15NO. The van der Waals surface area contributed by atoms with Gasteiger partial charge in [-0.1, -0.05) is 29.8 Å². The van der Waals surface area contributed by atoms with Gasteiger partial charge in [-0.3, -0.25) is 0 Å². The maximum Gasteiger partial charge on any atom is 0.0977 e. The number of hydrogen-bond donors (Lipinski definition) is 2. The van der Waals surface area contributed by atoms with E-state index in [0.29, 0.717) is 6.42 Å². The minimum Gasteiger partial charge on any atom is -0.387 e. The lowest BCUT2D eigenvalue weighted by Crippen LogP contribution is -2.02. The Morgan fingerprint density at radius 2 is 2.13 bits per heavy atom. The molecule has 0 fully saturated rings. The Balaban J connectivity index is 2.09. The molecule has 1 aromatic heterocycles. The number of benzene rings is 1. The zero-order valence-corrected chi connectivity index (χ0v) is 8.77. The first-order valence-electron chi connectivity index (χ1n) is 5.12. The second kappa shape index (κ2) is 4.32. The normalized spacial score (nSPS) is 12.7. The molecule has 0 saturated heterocycles. The summed E-state index contributed by atoms with van der Waals surface area (Å²) in [7, 11) is 0. The summed E-state index contributed by atoms with van der Waals surface area (Å²) in [5, 5.41) is 9.92. The fourth-order valence-electron chi connectivity index (χ4n) is 1.72. The number of aliphatic hydroxyl groups excluding tert-OH is 1. The average molecular weight is 201 g/mol. The van der Waals surface area contributed by atoms with Crippen LogP contribution >= 0.6 is 0 Å². The summed E-state index contributed by atoms with van der Waals surface area (Å²) in [4.78, 5) is 3.02. The van der Waals surface area contributed by atoms with Crippen LogP contribution in [-0.2, 0) is 6.42 Å². The van der Waals surface area contributed by atoms with Crippen LogP contribution in [0.1, 0.15) is 22.9 Å². The lowest BCUT2D eigenvalue weighted by molar-refractivity contribution is 0.174. The highest BCUT2D eigenvalue weighted by molar-refractivity contribution is 5.24. The van der Waals surface area contributed by atoms with Crippen molar-refractivity contribution in [2.45, 2.75) is 19.4 Å². The average Bonchev–Trinajstić information content (AvgIpc) is 2.70. The van der Waals surface area contributed by atoms with Crippen molar-refractivity contribution >= 4 is 0 Å². The van der Waals surface area contributed by atoms with Gasteiger partial charge in [0.1, 0.15) is 0 Å². The van der Waals surface area contributed by atoms with Crippen LogP contribution in [0.2, 0.25) is 0 Å². The molecule has 15 heavy (non-hydrogen) atoms. The summed E-state index contributed by atoms with van der Waals surface area (Å²) < 4.78 is 0. The Kier molecular flexibility index (Phi) is 2.88. The Hall–Kier alpha value is -1.54. The van der Waals surface area contributed by atoms with Crippen molar-refractivity contribution in [3.63, 3.8) is 0 Å². The Morgan fingerprint density at radius 1 is 1.27 bits per heavy atom. The molecule has 2 nitrogen and oxygen atoms in total. The van der Waals surface area contributed by atoms with Crippen LogP contribution in [0.3, 0.4) is 0 Å². The zero-order valence-electron chi connectivity index (χ0n) is 8.77. The van der Waals surface area contributed by atoms with Crippen LogP contribution in [0, 0.1) is 6.92 Å². The summed E-state index contributed by atoms with van der Waals surface area (Å²) >= 11 is 0. The molecule has 0 aliphatic rings. The van der Waals surface area contributed by atoms with Crippen LogP contribution in [0.25, 0.3) is 0 Å². The molecule has 2 rings (SSSR count). The molecule has 1 atom stereocenters. The highest BCUT2D eigenvalue weighted by atomic mass is 16.3. The van der Waals surface area contributed by atoms with Crippen molar-refractivity contribution in [3.05, 3.63) is 59.4 Å². The molecule has 0 aliphatic heterocycles. The maximum atomic E-state index is 9.92. The lowest BCUT2D eigenvalue weighted by atomic mass is 10.0. The first-order valence-corrected chi connectivity index (χ1v) is 5.12. The maximum absolute atomic E-state index is 9.92. The number of nitrogens with one attached hydrogen (secondary N) is 1. The third kappa shape index (κ3) is 2.48. The number of rotatable bonds is 3. The zero-order chi connectivity index (χ0) is 10.7. The van der Waals surface area contributed by atoms with Gasteiger partial charge >= 0.3 is 0 Å². The fraction of sp³-hybridized carbons (Fsp3) is 0.231. The third-order valence-corrected chi connectivity index (χ3v) is 2.49. The van der Waals surface area contributed by atoms with E-state index in [2.05, 4.69) is 24.0 Å². The van der Waals surface area contributed by atoms with Gasteiger partial charge < -0.3 is 10.1 Å². The van der Waals surface area contributed by atoms with Crippen molar-refractivity contribution in [2.24, 2.45) is 0 Å². The predicted octanol–water partition coefficient (Wildman–Crippen LogP) is 2.60. The van der Waals surface area contributed by atoms with E-state index < -0.39 is 6.10 Å².